The summed E-state index contributed by atoms with van der Waals surface area (Å²) in [6.45, 7) is 0.608. The van der Waals surface area contributed by atoms with E-state index in [1.165, 1.54) is 24.3 Å². The van der Waals surface area contributed by atoms with Crippen molar-refractivity contribution in [1.82, 2.24) is 5.32 Å². The summed E-state index contributed by atoms with van der Waals surface area (Å²) < 4.78 is 28.3. The number of benzene rings is 1. The predicted molar refractivity (Wildman–Crippen MR) is 65.3 cm³/mol. The molecule has 0 unspecified atom stereocenters. The summed E-state index contributed by atoms with van der Waals surface area (Å²) in [7, 11) is 0. The molecule has 18 heavy (non-hydrogen) atoms. The molecule has 1 aromatic carbocycles. The molecule has 1 N–H and O–H groups in total. The van der Waals surface area contributed by atoms with Crippen molar-refractivity contribution >= 4 is 17.5 Å². The molecule has 0 fully saturated rings. The Bertz CT molecular complexity index is 424. The highest BCUT2D eigenvalue weighted by Gasteiger charge is 2.20. The average molecular weight is 278 g/mol. The summed E-state index contributed by atoms with van der Waals surface area (Å²) in [4.78, 5) is 11.8. The highest BCUT2D eigenvalue weighted by atomic mass is 35.5. The van der Waals surface area contributed by atoms with Crippen molar-refractivity contribution in [2.75, 3.05) is 5.88 Å². The fourth-order valence-electron chi connectivity index (χ4n) is 1.23. The summed E-state index contributed by atoms with van der Waals surface area (Å²) in [5.41, 5.74) is -0.329. The Morgan fingerprint density at radius 1 is 1.50 bits per heavy atom. The van der Waals surface area contributed by atoms with E-state index in [9.17, 15) is 13.6 Å². The van der Waals surface area contributed by atoms with Gasteiger partial charge in [-0.2, -0.15) is 8.78 Å². The maximum absolute atomic E-state index is 12.0. The second-order valence-electron chi connectivity index (χ2n) is 4.38. The van der Waals surface area contributed by atoms with Gasteiger partial charge in [0, 0.05) is 17.0 Å². The molecule has 1 aromatic rings. The van der Waals surface area contributed by atoms with Crippen molar-refractivity contribution in [2.24, 2.45) is 0 Å². The minimum atomic E-state index is -2.91. The van der Waals surface area contributed by atoms with Gasteiger partial charge >= 0.3 is 6.61 Å². The Kier molecular flexibility index (Phi) is 4.90. The maximum Gasteiger partial charge on any atom is 0.387 e. The Hall–Kier alpha value is -1.36. The minimum Gasteiger partial charge on any atom is -0.435 e. The molecule has 0 atom stereocenters. The second kappa shape index (κ2) is 6.00. The number of carbonyl (C=O) groups excluding carboxylic acids is 1. The van der Waals surface area contributed by atoms with E-state index >= 15 is 0 Å². The van der Waals surface area contributed by atoms with Crippen LogP contribution in [0.4, 0.5) is 8.78 Å². The third-order valence-corrected chi connectivity index (χ3v) is 2.78. The molecule has 6 heteroatoms. The van der Waals surface area contributed by atoms with Crippen LogP contribution in [0.15, 0.2) is 24.3 Å². The molecule has 1 rings (SSSR count). The van der Waals surface area contributed by atoms with Gasteiger partial charge in [-0.25, -0.2) is 0 Å². The van der Waals surface area contributed by atoms with E-state index in [0.29, 0.717) is 0 Å². The molecule has 0 spiro atoms. The van der Waals surface area contributed by atoms with E-state index < -0.39 is 12.2 Å². The average Bonchev–Trinajstić information content (AvgIpc) is 2.28. The Labute approximate surface area is 109 Å². The molecule has 0 bridgehead atoms. The summed E-state index contributed by atoms with van der Waals surface area (Å²) in [6.07, 6.45) is 0. The summed E-state index contributed by atoms with van der Waals surface area (Å²) >= 11 is 5.69. The number of carbonyl (C=O) groups is 1. The second-order valence-corrected chi connectivity index (χ2v) is 4.65. The van der Waals surface area contributed by atoms with Crippen molar-refractivity contribution in [3.05, 3.63) is 29.8 Å². The molecule has 0 aliphatic rings. The van der Waals surface area contributed by atoms with E-state index in [-0.39, 0.29) is 23.1 Å². The fraction of sp³-hybridized carbons (Fsp3) is 0.417. The molecule has 0 aliphatic heterocycles. The lowest BCUT2D eigenvalue weighted by Crippen LogP contribution is -2.44. The number of rotatable bonds is 5. The van der Waals surface area contributed by atoms with Crippen LogP contribution < -0.4 is 10.1 Å². The highest BCUT2D eigenvalue weighted by molar-refractivity contribution is 6.18. The number of halogens is 3. The van der Waals surface area contributed by atoms with Crippen LogP contribution in [0.3, 0.4) is 0 Å². The number of alkyl halides is 3. The van der Waals surface area contributed by atoms with Gasteiger partial charge in [-0.1, -0.05) is 6.07 Å². The van der Waals surface area contributed by atoms with E-state index in [2.05, 4.69) is 10.1 Å². The van der Waals surface area contributed by atoms with Crippen LogP contribution in [0, 0.1) is 0 Å². The quantitative estimate of drug-likeness (QED) is 0.840. The molecule has 0 saturated carbocycles. The van der Waals surface area contributed by atoms with Crippen LogP contribution in [0.2, 0.25) is 0 Å². The number of amides is 1. The molecular formula is C12H14ClF2NO2. The SMILES string of the molecule is CC(C)(CCl)NC(=O)c1cccc(OC(F)F)c1. The number of hydrogen-bond acceptors (Lipinski definition) is 2. The zero-order chi connectivity index (χ0) is 13.8. The van der Waals surface area contributed by atoms with Crippen LogP contribution in [0.1, 0.15) is 24.2 Å². The largest absolute Gasteiger partial charge is 0.435 e. The third kappa shape index (κ3) is 4.49. The first-order chi connectivity index (χ1) is 8.34. The third-order valence-electron chi connectivity index (χ3n) is 2.11. The molecule has 0 radical (unpaired) electrons. The molecule has 0 saturated heterocycles. The van der Waals surface area contributed by atoms with Crippen molar-refractivity contribution in [1.29, 1.82) is 0 Å². The minimum absolute atomic E-state index is 0.0543. The topological polar surface area (TPSA) is 38.3 Å². The van der Waals surface area contributed by atoms with Gasteiger partial charge in [0.05, 0.1) is 0 Å². The molecule has 1 amide bonds. The predicted octanol–water partition coefficient (Wildman–Crippen LogP) is 3.04. The van der Waals surface area contributed by atoms with E-state index in [1.54, 1.807) is 13.8 Å². The molecule has 100 valence electrons. The first-order valence-electron chi connectivity index (χ1n) is 5.27. The van der Waals surface area contributed by atoms with Gasteiger partial charge in [0.15, 0.2) is 0 Å². The van der Waals surface area contributed by atoms with Crippen molar-refractivity contribution in [3.8, 4) is 5.75 Å². The number of nitrogens with one attached hydrogen (secondary N) is 1. The van der Waals surface area contributed by atoms with Gasteiger partial charge < -0.3 is 10.1 Å². The van der Waals surface area contributed by atoms with E-state index in [4.69, 9.17) is 11.6 Å². The zero-order valence-electron chi connectivity index (χ0n) is 10.0. The van der Waals surface area contributed by atoms with E-state index in [0.717, 1.165) is 0 Å². The van der Waals surface area contributed by atoms with Crippen molar-refractivity contribution < 1.29 is 18.3 Å². The first kappa shape index (κ1) is 14.7. The van der Waals surface area contributed by atoms with Gasteiger partial charge in [-0.15, -0.1) is 11.6 Å². The Morgan fingerprint density at radius 3 is 2.72 bits per heavy atom. The number of hydrogen-bond donors (Lipinski definition) is 1. The lowest BCUT2D eigenvalue weighted by molar-refractivity contribution is -0.0498. The van der Waals surface area contributed by atoms with Gasteiger partial charge in [0.1, 0.15) is 5.75 Å². The van der Waals surface area contributed by atoms with Crippen LogP contribution >= 0.6 is 11.6 Å². The standard InChI is InChI=1S/C12H14ClF2NO2/c1-12(2,7-13)16-10(17)8-4-3-5-9(6-8)18-11(14)15/h3-6,11H,7H2,1-2H3,(H,16,17). The fourth-order valence-corrected chi connectivity index (χ4v) is 1.29. The molecule has 3 nitrogen and oxygen atoms in total. The van der Waals surface area contributed by atoms with Crippen molar-refractivity contribution in [3.63, 3.8) is 0 Å². The number of ether oxygens (including phenoxy) is 1. The molecule has 0 aromatic heterocycles. The van der Waals surface area contributed by atoms with Gasteiger partial charge in [-0.05, 0) is 32.0 Å². The maximum atomic E-state index is 12.0. The Balaban J connectivity index is 2.80. The van der Waals surface area contributed by atoms with Gasteiger partial charge in [0.2, 0.25) is 0 Å². The molecule has 0 aliphatic carbocycles. The first-order valence-corrected chi connectivity index (χ1v) is 5.81. The van der Waals surface area contributed by atoms with Gasteiger partial charge in [0.25, 0.3) is 5.91 Å². The Morgan fingerprint density at radius 2 is 2.17 bits per heavy atom. The normalized spacial score (nSPS) is 11.4. The lowest BCUT2D eigenvalue weighted by atomic mass is 10.1. The van der Waals surface area contributed by atoms with Crippen LogP contribution in [0.25, 0.3) is 0 Å². The monoisotopic (exact) mass is 277 g/mol. The molecular weight excluding hydrogens is 264 g/mol. The highest BCUT2D eigenvalue weighted by Crippen LogP contribution is 2.16. The van der Waals surface area contributed by atoms with Crippen LogP contribution in [0.5, 0.6) is 5.75 Å². The van der Waals surface area contributed by atoms with Crippen LogP contribution in [-0.2, 0) is 0 Å². The summed E-state index contributed by atoms with van der Waals surface area (Å²) in [5, 5.41) is 2.69. The summed E-state index contributed by atoms with van der Waals surface area (Å²) in [6, 6.07) is 5.60. The van der Waals surface area contributed by atoms with E-state index in [1.807, 2.05) is 0 Å². The van der Waals surface area contributed by atoms with Crippen LogP contribution in [-0.4, -0.2) is 23.9 Å². The lowest BCUT2D eigenvalue weighted by Gasteiger charge is -2.23. The summed E-state index contributed by atoms with van der Waals surface area (Å²) in [5.74, 6) is -0.201. The van der Waals surface area contributed by atoms with Crippen molar-refractivity contribution in [2.45, 2.75) is 26.0 Å². The smallest absolute Gasteiger partial charge is 0.387 e. The zero-order valence-corrected chi connectivity index (χ0v) is 10.8. The molecule has 0 heterocycles. The van der Waals surface area contributed by atoms with Gasteiger partial charge in [-0.3, -0.25) is 4.79 Å².